The maximum atomic E-state index is 11.9. The first kappa shape index (κ1) is 16.4. The molecule has 1 aromatic heterocycles. The standard InChI is InChI=1S/C13H15ClN4O3S/c1-8(22(3,20)21)12(19)16-13-15-11(17-18(13)2)9-6-4-5-7-10(9)14/h4-8H,1-3H3,(H,15,16,17,19). The van der Waals surface area contributed by atoms with Crippen LogP contribution in [0.3, 0.4) is 0 Å². The van der Waals surface area contributed by atoms with Crippen LogP contribution in [0.25, 0.3) is 11.4 Å². The normalized spacial score (nSPS) is 12.9. The Morgan fingerprint density at radius 2 is 2.00 bits per heavy atom. The van der Waals surface area contributed by atoms with Crippen molar-refractivity contribution in [2.24, 2.45) is 7.05 Å². The van der Waals surface area contributed by atoms with Crippen molar-refractivity contribution in [3.63, 3.8) is 0 Å². The predicted octanol–water partition coefficient (Wildman–Crippen LogP) is 1.51. The van der Waals surface area contributed by atoms with Crippen LogP contribution >= 0.6 is 11.6 Å². The molecule has 1 atom stereocenters. The number of anilines is 1. The quantitative estimate of drug-likeness (QED) is 0.908. The van der Waals surface area contributed by atoms with E-state index in [9.17, 15) is 13.2 Å². The number of nitrogens with zero attached hydrogens (tertiary/aromatic N) is 3. The number of sulfone groups is 1. The van der Waals surface area contributed by atoms with E-state index >= 15 is 0 Å². The number of rotatable bonds is 4. The van der Waals surface area contributed by atoms with Crippen LogP contribution in [0.5, 0.6) is 0 Å². The molecule has 2 rings (SSSR count). The fourth-order valence-electron chi connectivity index (χ4n) is 1.66. The lowest BCUT2D eigenvalue weighted by molar-refractivity contribution is -0.115. The highest BCUT2D eigenvalue weighted by atomic mass is 35.5. The molecule has 1 N–H and O–H groups in total. The molecule has 0 spiro atoms. The number of carbonyl (C=O) groups excluding carboxylic acids is 1. The van der Waals surface area contributed by atoms with Crippen LogP contribution in [0.15, 0.2) is 24.3 Å². The summed E-state index contributed by atoms with van der Waals surface area (Å²) < 4.78 is 24.1. The second kappa shape index (κ2) is 6.05. The van der Waals surface area contributed by atoms with Gasteiger partial charge in [0.25, 0.3) is 0 Å². The van der Waals surface area contributed by atoms with Crippen molar-refractivity contribution >= 4 is 33.3 Å². The van der Waals surface area contributed by atoms with Crippen LogP contribution in [-0.4, -0.2) is 40.6 Å². The number of halogens is 1. The lowest BCUT2D eigenvalue weighted by Gasteiger charge is -2.08. The Kier molecular flexibility index (Phi) is 4.52. The molecule has 0 aliphatic heterocycles. The molecule has 0 saturated heterocycles. The average Bonchev–Trinajstić information content (AvgIpc) is 2.78. The Balaban J connectivity index is 2.28. The number of hydrogen-bond donors (Lipinski definition) is 1. The number of aromatic nitrogens is 3. The van der Waals surface area contributed by atoms with Crippen LogP contribution in [0.2, 0.25) is 5.02 Å². The summed E-state index contributed by atoms with van der Waals surface area (Å²) in [7, 11) is -1.89. The third-order valence-electron chi connectivity index (χ3n) is 3.12. The van der Waals surface area contributed by atoms with Crippen LogP contribution in [0.1, 0.15) is 6.92 Å². The van der Waals surface area contributed by atoms with E-state index in [1.165, 1.54) is 11.6 Å². The van der Waals surface area contributed by atoms with Gasteiger partial charge in [-0.05, 0) is 19.1 Å². The molecule has 0 bridgehead atoms. The number of benzene rings is 1. The smallest absolute Gasteiger partial charge is 0.244 e. The summed E-state index contributed by atoms with van der Waals surface area (Å²) in [4.78, 5) is 16.1. The second-order valence-corrected chi connectivity index (χ2v) is 7.60. The van der Waals surface area contributed by atoms with E-state index in [4.69, 9.17) is 11.6 Å². The van der Waals surface area contributed by atoms with E-state index in [1.807, 2.05) is 0 Å². The highest BCUT2D eigenvalue weighted by molar-refractivity contribution is 7.92. The summed E-state index contributed by atoms with van der Waals surface area (Å²) in [5.41, 5.74) is 0.622. The summed E-state index contributed by atoms with van der Waals surface area (Å²) in [6, 6.07) is 7.03. The summed E-state index contributed by atoms with van der Waals surface area (Å²) in [6.45, 7) is 1.32. The number of aryl methyl sites for hydroxylation is 1. The maximum Gasteiger partial charge on any atom is 0.244 e. The van der Waals surface area contributed by atoms with Gasteiger partial charge in [-0.25, -0.2) is 13.1 Å². The van der Waals surface area contributed by atoms with Crippen molar-refractivity contribution in [3.05, 3.63) is 29.3 Å². The Bertz CT molecular complexity index is 816. The topological polar surface area (TPSA) is 93.9 Å². The molecule has 118 valence electrons. The molecular formula is C13H15ClN4O3S. The van der Waals surface area contributed by atoms with Gasteiger partial charge in [-0.15, -0.1) is 5.10 Å². The fourth-order valence-corrected chi connectivity index (χ4v) is 2.32. The molecule has 1 amide bonds. The lowest BCUT2D eigenvalue weighted by atomic mass is 10.2. The second-order valence-electron chi connectivity index (χ2n) is 4.82. The number of nitrogens with one attached hydrogen (secondary N) is 1. The molecule has 7 nitrogen and oxygen atoms in total. The molecule has 1 heterocycles. The molecule has 0 aliphatic carbocycles. The minimum Gasteiger partial charge on any atom is -0.294 e. The van der Waals surface area contributed by atoms with E-state index in [-0.39, 0.29) is 5.95 Å². The van der Waals surface area contributed by atoms with Crippen LogP contribution in [0.4, 0.5) is 5.95 Å². The maximum absolute atomic E-state index is 11.9. The monoisotopic (exact) mass is 342 g/mol. The summed E-state index contributed by atoms with van der Waals surface area (Å²) in [6.07, 6.45) is 1.00. The van der Waals surface area contributed by atoms with Gasteiger partial charge >= 0.3 is 0 Å². The molecule has 22 heavy (non-hydrogen) atoms. The minimum absolute atomic E-state index is 0.149. The number of amides is 1. The Labute approximate surface area is 133 Å². The van der Waals surface area contributed by atoms with Gasteiger partial charge in [-0.3, -0.25) is 10.1 Å². The van der Waals surface area contributed by atoms with E-state index in [2.05, 4.69) is 15.4 Å². The van der Waals surface area contributed by atoms with Gasteiger partial charge in [0.2, 0.25) is 11.9 Å². The van der Waals surface area contributed by atoms with Gasteiger partial charge in [-0.1, -0.05) is 23.7 Å². The zero-order valence-electron chi connectivity index (χ0n) is 12.2. The molecule has 2 aromatic rings. The highest BCUT2D eigenvalue weighted by Gasteiger charge is 2.25. The third kappa shape index (κ3) is 3.45. The van der Waals surface area contributed by atoms with Crippen molar-refractivity contribution in [2.75, 3.05) is 11.6 Å². The molecular weight excluding hydrogens is 328 g/mol. The van der Waals surface area contributed by atoms with Gasteiger partial charge in [0.05, 0.1) is 5.02 Å². The Morgan fingerprint density at radius 3 is 2.59 bits per heavy atom. The molecule has 1 unspecified atom stereocenters. The van der Waals surface area contributed by atoms with E-state index in [1.54, 1.807) is 31.3 Å². The molecule has 0 fully saturated rings. The summed E-state index contributed by atoms with van der Waals surface area (Å²) >= 11 is 6.08. The minimum atomic E-state index is -3.48. The Hall–Kier alpha value is -1.93. The molecule has 0 aliphatic rings. The molecule has 0 saturated carbocycles. The van der Waals surface area contributed by atoms with Crippen molar-refractivity contribution in [1.29, 1.82) is 0 Å². The van der Waals surface area contributed by atoms with Gasteiger partial charge < -0.3 is 0 Å². The van der Waals surface area contributed by atoms with Crippen LogP contribution in [-0.2, 0) is 21.7 Å². The number of hydrogen-bond acceptors (Lipinski definition) is 5. The first-order chi connectivity index (χ1) is 10.2. The summed E-state index contributed by atoms with van der Waals surface area (Å²) in [5.74, 6) is -0.172. The van der Waals surface area contributed by atoms with Gasteiger partial charge in [0.1, 0.15) is 5.25 Å². The van der Waals surface area contributed by atoms with Crippen LogP contribution in [0, 0.1) is 0 Å². The molecule has 0 radical (unpaired) electrons. The van der Waals surface area contributed by atoms with Crippen molar-refractivity contribution in [2.45, 2.75) is 12.2 Å². The SMILES string of the molecule is CC(C(=O)Nc1nc(-c2ccccc2Cl)nn1C)S(C)(=O)=O. The highest BCUT2D eigenvalue weighted by Crippen LogP contribution is 2.25. The first-order valence-corrected chi connectivity index (χ1v) is 8.69. The van der Waals surface area contributed by atoms with Crippen molar-refractivity contribution in [1.82, 2.24) is 14.8 Å². The first-order valence-electron chi connectivity index (χ1n) is 6.36. The number of carbonyl (C=O) groups is 1. The van der Waals surface area contributed by atoms with E-state index in [0.717, 1.165) is 6.26 Å². The van der Waals surface area contributed by atoms with E-state index < -0.39 is 21.0 Å². The van der Waals surface area contributed by atoms with Gasteiger partial charge in [0.15, 0.2) is 15.7 Å². The van der Waals surface area contributed by atoms with Crippen molar-refractivity contribution < 1.29 is 13.2 Å². The summed E-state index contributed by atoms with van der Waals surface area (Å²) in [5, 5.41) is 5.94. The van der Waals surface area contributed by atoms with Crippen molar-refractivity contribution in [3.8, 4) is 11.4 Å². The van der Waals surface area contributed by atoms with Gasteiger partial charge in [-0.2, -0.15) is 4.98 Å². The van der Waals surface area contributed by atoms with Crippen LogP contribution < -0.4 is 5.32 Å². The van der Waals surface area contributed by atoms with Gasteiger partial charge in [0, 0.05) is 18.9 Å². The fraction of sp³-hybridized carbons (Fsp3) is 0.308. The average molecular weight is 343 g/mol. The zero-order valence-corrected chi connectivity index (χ0v) is 13.8. The largest absolute Gasteiger partial charge is 0.294 e. The zero-order chi connectivity index (χ0) is 16.5. The lowest BCUT2D eigenvalue weighted by Crippen LogP contribution is -2.32. The molecule has 1 aromatic carbocycles. The van der Waals surface area contributed by atoms with E-state index in [0.29, 0.717) is 16.4 Å². The predicted molar refractivity (Wildman–Crippen MR) is 84.4 cm³/mol. The molecule has 9 heteroatoms. The Morgan fingerprint density at radius 1 is 1.36 bits per heavy atom. The third-order valence-corrected chi connectivity index (χ3v) is 4.95.